The molecule has 0 spiro atoms. The Hall–Kier alpha value is -0.440. The van der Waals surface area contributed by atoms with Gasteiger partial charge in [-0.2, -0.15) is 0 Å². The summed E-state index contributed by atoms with van der Waals surface area (Å²) in [7, 11) is -0.472. The molecule has 2 heterocycles. The van der Waals surface area contributed by atoms with Crippen LogP contribution in [0.25, 0.3) is 0 Å². The average Bonchev–Trinajstić information content (AvgIpc) is 2.53. The lowest BCUT2D eigenvalue weighted by molar-refractivity contribution is 0.0785. The maximum atomic E-state index is 12.1. The first-order valence-electron chi connectivity index (χ1n) is 4.69. The normalized spacial score (nSPS) is 16.5. The van der Waals surface area contributed by atoms with Gasteiger partial charge in [0.05, 0.1) is 6.61 Å². The lowest BCUT2D eigenvalue weighted by atomic mass is 10.5. The summed E-state index contributed by atoms with van der Waals surface area (Å²) in [5.41, 5.74) is 0. The van der Waals surface area contributed by atoms with Gasteiger partial charge in [-0.25, -0.2) is 17.7 Å². The third-order valence-corrected chi connectivity index (χ3v) is 5.06. The van der Waals surface area contributed by atoms with Crippen molar-refractivity contribution in [1.82, 2.24) is 13.9 Å². The van der Waals surface area contributed by atoms with Gasteiger partial charge in [0.1, 0.15) is 17.0 Å². The highest BCUT2D eigenvalue weighted by Crippen LogP contribution is 2.26. The molecule has 2 rings (SSSR count). The van der Waals surface area contributed by atoms with Crippen molar-refractivity contribution in [3.63, 3.8) is 0 Å². The maximum Gasteiger partial charge on any atom is 0.261 e. The molecule has 0 N–H and O–H groups in total. The van der Waals surface area contributed by atoms with Crippen LogP contribution < -0.4 is 0 Å². The summed E-state index contributed by atoms with van der Waals surface area (Å²) in [6.45, 7) is 1.36. The van der Waals surface area contributed by atoms with E-state index in [1.165, 1.54) is 18.4 Å². The highest BCUT2D eigenvalue weighted by Gasteiger charge is 2.29. The first-order valence-corrected chi connectivity index (χ1v) is 6.93. The molecule has 90 valence electrons. The second-order valence-electron chi connectivity index (χ2n) is 3.62. The molecule has 6 nitrogen and oxygen atoms in total. The second kappa shape index (κ2) is 4.10. The molecular weight excluding hydrogens is 298 g/mol. The van der Waals surface area contributed by atoms with Gasteiger partial charge in [-0.05, 0) is 15.9 Å². The summed E-state index contributed by atoms with van der Waals surface area (Å²) in [5, 5.41) is 0.204. The van der Waals surface area contributed by atoms with Gasteiger partial charge in [0, 0.05) is 20.6 Å². The van der Waals surface area contributed by atoms with Gasteiger partial charge in [-0.15, -0.1) is 0 Å². The molecule has 0 saturated heterocycles. The number of aromatic nitrogens is 2. The van der Waals surface area contributed by atoms with Gasteiger partial charge in [0.25, 0.3) is 10.0 Å². The van der Waals surface area contributed by atoms with Crippen molar-refractivity contribution in [3.8, 4) is 0 Å². The number of rotatable bonds is 2. The van der Waals surface area contributed by atoms with E-state index in [0.29, 0.717) is 30.2 Å². The van der Waals surface area contributed by atoms with Crippen molar-refractivity contribution in [2.24, 2.45) is 0 Å². The number of halogens is 1. The first kappa shape index (κ1) is 12.0. The van der Waals surface area contributed by atoms with E-state index in [9.17, 15) is 8.42 Å². The zero-order chi connectivity index (χ0) is 11.9. The van der Waals surface area contributed by atoms with Crippen molar-refractivity contribution in [2.45, 2.75) is 18.2 Å². The molecule has 0 fully saturated rings. The minimum Gasteiger partial charge on any atom is -0.372 e. The standard InChI is InChI=1S/C8H12BrN3O3S/c1-11(2)16(13,14)8-7(9)10-6-5-15-4-3-12(6)8/h3-5H2,1-2H3. The number of hydrogen-bond donors (Lipinski definition) is 0. The number of sulfonamides is 1. The van der Waals surface area contributed by atoms with E-state index in [2.05, 4.69) is 20.9 Å². The Morgan fingerprint density at radius 2 is 2.19 bits per heavy atom. The minimum atomic E-state index is -3.47. The molecule has 0 unspecified atom stereocenters. The molecular formula is C8H12BrN3O3S. The Labute approximate surface area is 102 Å². The summed E-state index contributed by atoms with van der Waals surface area (Å²) in [4.78, 5) is 4.15. The van der Waals surface area contributed by atoms with E-state index in [1.807, 2.05) is 0 Å². The first-order chi connectivity index (χ1) is 7.44. The van der Waals surface area contributed by atoms with Crippen LogP contribution in [-0.2, 0) is 27.9 Å². The minimum absolute atomic E-state index is 0.204. The van der Waals surface area contributed by atoms with E-state index in [4.69, 9.17) is 4.74 Å². The van der Waals surface area contributed by atoms with Crippen molar-refractivity contribution in [2.75, 3.05) is 20.7 Å². The number of nitrogens with zero attached hydrogens (tertiary/aromatic N) is 3. The van der Waals surface area contributed by atoms with Crippen LogP contribution in [0.5, 0.6) is 0 Å². The van der Waals surface area contributed by atoms with Gasteiger partial charge in [-0.3, -0.25) is 0 Å². The fourth-order valence-electron chi connectivity index (χ4n) is 1.53. The number of ether oxygens (including phenoxy) is 1. The summed E-state index contributed by atoms with van der Waals surface area (Å²) < 4.78 is 32.6. The Bertz CT molecular complexity index is 509. The fraction of sp³-hybridized carbons (Fsp3) is 0.625. The third kappa shape index (κ3) is 1.79. The van der Waals surface area contributed by atoms with Crippen LogP contribution in [0.1, 0.15) is 5.82 Å². The predicted octanol–water partition coefficient (Wildman–Crippen LogP) is 0.426. The van der Waals surface area contributed by atoms with E-state index < -0.39 is 10.0 Å². The van der Waals surface area contributed by atoms with E-state index in [1.54, 1.807) is 4.57 Å². The molecule has 1 aromatic rings. The summed E-state index contributed by atoms with van der Waals surface area (Å²) in [6.07, 6.45) is 0. The smallest absolute Gasteiger partial charge is 0.261 e. The van der Waals surface area contributed by atoms with Crippen molar-refractivity contribution in [3.05, 3.63) is 10.4 Å². The predicted molar refractivity (Wildman–Crippen MR) is 60.5 cm³/mol. The Balaban J connectivity index is 2.61. The van der Waals surface area contributed by atoms with Crippen LogP contribution >= 0.6 is 15.9 Å². The van der Waals surface area contributed by atoms with E-state index in [0.717, 1.165) is 0 Å². The second-order valence-corrected chi connectivity index (χ2v) is 6.43. The molecule has 0 saturated carbocycles. The fourth-order valence-corrected chi connectivity index (χ4v) is 3.64. The Morgan fingerprint density at radius 1 is 1.50 bits per heavy atom. The quantitative estimate of drug-likeness (QED) is 0.794. The van der Waals surface area contributed by atoms with Crippen LogP contribution in [0.4, 0.5) is 0 Å². The number of fused-ring (bicyclic) bond motifs is 1. The summed E-state index contributed by atoms with van der Waals surface area (Å²) in [6, 6.07) is 0. The Morgan fingerprint density at radius 3 is 2.81 bits per heavy atom. The highest BCUT2D eigenvalue weighted by atomic mass is 79.9. The molecule has 16 heavy (non-hydrogen) atoms. The van der Waals surface area contributed by atoms with Crippen LogP contribution in [0, 0.1) is 0 Å². The molecule has 1 aliphatic heterocycles. The highest BCUT2D eigenvalue weighted by molar-refractivity contribution is 9.10. The largest absolute Gasteiger partial charge is 0.372 e. The van der Waals surface area contributed by atoms with Gasteiger partial charge in [0.2, 0.25) is 0 Å². The summed E-state index contributed by atoms with van der Waals surface area (Å²) >= 11 is 3.19. The zero-order valence-corrected chi connectivity index (χ0v) is 11.4. The van der Waals surface area contributed by atoms with Gasteiger partial charge in [0.15, 0.2) is 5.03 Å². The molecule has 0 bridgehead atoms. The maximum absolute atomic E-state index is 12.1. The summed E-state index contributed by atoms with van der Waals surface area (Å²) in [5.74, 6) is 0.638. The van der Waals surface area contributed by atoms with Crippen molar-refractivity contribution in [1.29, 1.82) is 0 Å². The van der Waals surface area contributed by atoms with Crippen molar-refractivity contribution < 1.29 is 13.2 Å². The molecule has 0 atom stereocenters. The van der Waals surface area contributed by atoms with Crippen LogP contribution in [0.3, 0.4) is 0 Å². The van der Waals surface area contributed by atoms with E-state index in [-0.39, 0.29) is 5.03 Å². The topological polar surface area (TPSA) is 64.4 Å². The lowest BCUT2D eigenvalue weighted by Crippen LogP contribution is -2.27. The monoisotopic (exact) mass is 309 g/mol. The molecule has 1 aromatic heterocycles. The van der Waals surface area contributed by atoms with Crippen LogP contribution in [0.2, 0.25) is 0 Å². The molecule has 0 aliphatic carbocycles. The number of hydrogen-bond acceptors (Lipinski definition) is 4. The molecule has 0 aromatic carbocycles. The molecule has 8 heteroatoms. The molecule has 0 amide bonds. The van der Waals surface area contributed by atoms with E-state index >= 15 is 0 Å². The van der Waals surface area contributed by atoms with Crippen molar-refractivity contribution >= 4 is 26.0 Å². The zero-order valence-electron chi connectivity index (χ0n) is 8.97. The van der Waals surface area contributed by atoms with Crippen LogP contribution in [-0.4, -0.2) is 43.0 Å². The molecule has 0 radical (unpaired) electrons. The Kier molecular flexibility index (Phi) is 3.08. The van der Waals surface area contributed by atoms with Gasteiger partial charge < -0.3 is 9.30 Å². The van der Waals surface area contributed by atoms with Gasteiger partial charge >= 0.3 is 0 Å². The molecule has 1 aliphatic rings. The average molecular weight is 310 g/mol. The van der Waals surface area contributed by atoms with Gasteiger partial charge in [-0.1, -0.05) is 0 Å². The number of imidazole rings is 1. The lowest BCUT2D eigenvalue weighted by Gasteiger charge is -2.18. The third-order valence-electron chi connectivity index (χ3n) is 2.38. The van der Waals surface area contributed by atoms with Crippen LogP contribution in [0.15, 0.2) is 9.63 Å². The SMILES string of the molecule is CN(C)S(=O)(=O)c1c(Br)nc2n1CCOC2.